The number of ketones is 1. The molecule has 0 radical (unpaired) electrons. The van der Waals surface area contributed by atoms with Crippen LogP contribution in [0.15, 0.2) is 23.0 Å². The van der Waals surface area contributed by atoms with E-state index in [1.807, 2.05) is 6.07 Å². The van der Waals surface area contributed by atoms with Crippen LogP contribution in [-0.2, 0) is 11.2 Å². The molecule has 2 heterocycles. The first-order chi connectivity index (χ1) is 8.60. The quantitative estimate of drug-likeness (QED) is 0.822. The van der Waals surface area contributed by atoms with E-state index in [0.29, 0.717) is 6.42 Å². The predicted octanol–water partition coefficient (Wildman–Crippen LogP) is 3.05. The zero-order valence-corrected chi connectivity index (χ0v) is 11.4. The van der Waals surface area contributed by atoms with E-state index >= 15 is 0 Å². The van der Waals surface area contributed by atoms with Gasteiger partial charge in [-0.15, -0.1) is 0 Å². The number of nitrogens with zero attached hydrogens (tertiary/aromatic N) is 1. The second-order valence-corrected chi connectivity index (χ2v) is 5.69. The Kier molecular flexibility index (Phi) is 4.23. The summed E-state index contributed by atoms with van der Waals surface area (Å²) in [5.74, 6) is 0.283. The number of likely N-dealkylation sites (tertiary alicyclic amines) is 1. The number of Topliss-reactive ketones (excluding diaryl/α,β-unsaturated/α-hetero) is 1. The SMILES string of the molecule is CC(C)(C(=O)Cc1ccoc1)N1CCCCCC1. The second kappa shape index (κ2) is 5.70. The zero-order valence-electron chi connectivity index (χ0n) is 11.4. The van der Waals surface area contributed by atoms with Gasteiger partial charge in [0.15, 0.2) is 5.78 Å². The van der Waals surface area contributed by atoms with Crippen LogP contribution in [0.25, 0.3) is 0 Å². The van der Waals surface area contributed by atoms with Crippen LogP contribution in [0.5, 0.6) is 0 Å². The molecule has 0 aliphatic carbocycles. The molecule has 0 atom stereocenters. The maximum Gasteiger partial charge on any atom is 0.156 e. The summed E-state index contributed by atoms with van der Waals surface area (Å²) >= 11 is 0. The summed E-state index contributed by atoms with van der Waals surface area (Å²) < 4.78 is 5.03. The van der Waals surface area contributed by atoms with Gasteiger partial charge in [0.05, 0.1) is 18.1 Å². The molecule has 0 aromatic carbocycles. The zero-order chi connectivity index (χ0) is 13.0. The van der Waals surface area contributed by atoms with Gasteiger partial charge in [-0.2, -0.15) is 0 Å². The molecule has 0 unspecified atom stereocenters. The average molecular weight is 249 g/mol. The molecule has 18 heavy (non-hydrogen) atoms. The lowest BCUT2D eigenvalue weighted by Gasteiger charge is -2.36. The minimum Gasteiger partial charge on any atom is -0.472 e. The van der Waals surface area contributed by atoms with Crippen LogP contribution in [0.2, 0.25) is 0 Å². The Morgan fingerprint density at radius 1 is 1.28 bits per heavy atom. The molecule has 1 aromatic rings. The number of carbonyl (C=O) groups excluding carboxylic acids is 1. The van der Waals surface area contributed by atoms with Crippen molar-refractivity contribution in [2.45, 2.75) is 51.5 Å². The van der Waals surface area contributed by atoms with Crippen molar-refractivity contribution in [1.82, 2.24) is 4.90 Å². The fourth-order valence-corrected chi connectivity index (χ4v) is 2.60. The van der Waals surface area contributed by atoms with Gasteiger partial charge >= 0.3 is 0 Å². The third-order valence-electron chi connectivity index (χ3n) is 4.02. The number of hydrogen-bond acceptors (Lipinski definition) is 3. The summed E-state index contributed by atoms with van der Waals surface area (Å²) in [5, 5.41) is 0. The molecule has 1 aromatic heterocycles. The lowest BCUT2D eigenvalue weighted by Crippen LogP contribution is -2.51. The molecular formula is C15H23NO2. The standard InChI is InChI=1S/C15H23NO2/c1-15(2,16-8-5-3-4-6-9-16)14(17)11-13-7-10-18-12-13/h7,10,12H,3-6,8-9,11H2,1-2H3. The Hall–Kier alpha value is -1.09. The van der Waals surface area contributed by atoms with E-state index in [1.54, 1.807) is 12.5 Å². The summed E-state index contributed by atoms with van der Waals surface area (Å²) in [6.07, 6.45) is 8.77. The Balaban J connectivity index is 2.01. The van der Waals surface area contributed by atoms with Crippen LogP contribution >= 0.6 is 0 Å². The van der Waals surface area contributed by atoms with Gasteiger partial charge in [0.2, 0.25) is 0 Å². The molecule has 1 fully saturated rings. The van der Waals surface area contributed by atoms with Crippen LogP contribution in [0.4, 0.5) is 0 Å². The highest BCUT2D eigenvalue weighted by Gasteiger charge is 2.34. The molecule has 3 nitrogen and oxygen atoms in total. The van der Waals surface area contributed by atoms with Gasteiger partial charge in [0.25, 0.3) is 0 Å². The van der Waals surface area contributed by atoms with E-state index in [4.69, 9.17) is 4.42 Å². The van der Waals surface area contributed by atoms with Crippen LogP contribution < -0.4 is 0 Å². The van der Waals surface area contributed by atoms with E-state index in [9.17, 15) is 4.79 Å². The minimum atomic E-state index is -0.360. The van der Waals surface area contributed by atoms with Gasteiger partial charge in [-0.25, -0.2) is 0 Å². The number of furan rings is 1. The lowest BCUT2D eigenvalue weighted by molar-refractivity contribution is -0.128. The lowest BCUT2D eigenvalue weighted by atomic mass is 9.92. The van der Waals surface area contributed by atoms with E-state index in [-0.39, 0.29) is 11.3 Å². The maximum atomic E-state index is 12.5. The van der Waals surface area contributed by atoms with Crippen molar-refractivity contribution in [3.8, 4) is 0 Å². The van der Waals surface area contributed by atoms with E-state index < -0.39 is 0 Å². The number of rotatable bonds is 4. The van der Waals surface area contributed by atoms with Crippen molar-refractivity contribution in [3.05, 3.63) is 24.2 Å². The highest BCUT2D eigenvalue weighted by Crippen LogP contribution is 2.22. The summed E-state index contributed by atoms with van der Waals surface area (Å²) in [4.78, 5) is 14.8. The molecule has 0 amide bonds. The highest BCUT2D eigenvalue weighted by atomic mass is 16.3. The van der Waals surface area contributed by atoms with Crippen LogP contribution in [0.3, 0.4) is 0 Å². The third kappa shape index (κ3) is 3.02. The molecule has 2 rings (SSSR count). The third-order valence-corrected chi connectivity index (χ3v) is 4.02. The number of carbonyl (C=O) groups is 1. The molecule has 0 spiro atoms. The molecule has 1 aliphatic rings. The van der Waals surface area contributed by atoms with Crippen LogP contribution in [0.1, 0.15) is 45.1 Å². The van der Waals surface area contributed by atoms with Gasteiger partial charge in [-0.3, -0.25) is 9.69 Å². The van der Waals surface area contributed by atoms with E-state index in [1.165, 1.54) is 25.7 Å². The average Bonchev–Trinajstić information content (AvgIpc) is 2.68. The first-order valence-corrected chi connectivity index (χ1v) is 6.90. The largest absolute Gasteiger partial charge is 0.472 e. The Labute approximate surface area is 109 Å². The molecule has 0 bridgehead atoms. The van der Waals surface area contributed by atoms with Crippen molar-refractivity contribution in [2.75, 3.05) is 13.1 Å². The monoisotopic (exact) mass is 249 g/mol. The molecule has 0 N–H and O–H groups in total. The Morgan fingerprint density at radius 2 is 1.94 bits per heavy atom. The summed E-state index contributed by atoms with van der Waals surface area (Å²) in [5.41, 5.74) is 0.615. The van der Waals surface area contributed by atoms with Crippen LogP contribution in [-0.4, -0.2) is 29.3 Å². The van der Waals surface area contributed by atoms with Crippen LogP contribution in [0, 0.1) is 0 Å². The first kappa shape index (κ1) is 13.3. The summed E-state index contributed by atoms with van der Waals surface area (Å²) in [6, 6.07) is 1.87. The Morgan fingerprint density at radius 3 is 2.50 bits per heavy atom. The van der Waals surface area contributed by atoms with Gasteiger partial charge in [-0.05, 0) is 51.4 Å². The fraction of sp³-hybridized carbons (Fsp3) is 0.667. The van der Waals surface area contributed by atoms with Gasteiger partial charge in [0, 0.05) is 6.42 Å². The number of hydrogen-bond donors (Lipinski definition) is 0. The van der Waals surface area contributed by atoms with Gasteiger partial charge in [-0.1, -0.05) is 12.8 Å². The van der Waals surface area contributed by atoms with Crippen molar-refractivity contribution in [2.24, 2.45) is 0 Å². The van der Waals surface area contributed by atoms with Crippen molar-refractivity contribution in [1.29, 1.82) is 0 Å². The van der Waals surface area contributed by atoms with Crippen molar-refractivity contribution >= 4 is 5.78 Å². The van der Waals surface area contributed by atoms with E-state index in [0.717, 1.165) is 18.7 Å². The normalized spacial score (nSPS) is 18.6. The van der Waals surface area contributed by atoms with Crippen molar-refractivity contribution in [3.63, 3.8) is 0 Å². The fourth-order valence-electron chi connectivity index (χ4n) is 2.60. The molecule has 3 heteroatoms. The molecule has 0 saturated carbocycles. The van der Waals surface area contributed by atoms with E-state index in [2.05, 4.69) is 18.7 Å². The van der Waals surface area contributed by atoms with Gasteiger partial charge in [0.1, 0.15) is 0 Å². The molecule has 100 valence electrons. The smallest absolute Gasteiger partial charge is 0.156 e. The van der Waals surface area contributed by atoms with Gasteiger partial charge < -0.3 is 4.42 Å². The molecule has 1 aliphatic heterocycles. The summed E-state index contributed by atoms with van der Waals surface area (Å²) in [7, 11) is 0. The predicted molar refractivity (Wildman–Crippen MR) is 71.5 cm³/mol. The first-order valence-electron chi connectivity index (χ1n) is 6.90. The topological polar surface area (TPSA) is 33.5 Å². The minimum absolute atomic E-state index is 0.283. The highest BCUT2D eigenvalue weighted by molar-refractivity contribution is 5.89. The Bertz CT molecular complexity index is 373. The van der Waals surface area contributed by atoms with Crippen molar-refractivity contribution < 1.29 is 9.21 Å². The molecule has 1 saturated heterocycles. The second-order valence-electron chi connectivity index (χ2n) is 5.69. The summed E-state index contributed by atoms with van der Waals surface area (Å²) in [6.45, 7) is 6.20. The molecular weight excluding hydrogens is 226 g/mol. The maximum absolute atomic E-state index is 12.5.